The molecule has 3 aromatic rings. The summed E-state index contributed by atoms with van der Waals surface area (Å²) < 4.78 is 0. The average molecular weight is 306 g/mol. The smallest absolute Gasteiger partial charge is 0.0255 e. The minimum Gasteiger partial charge on any atom is -0.133 e. The zero-order valence-electron chi connectivity index (χ0n) is 11.6. The molecular formula is C19H16P2. The average Bonchev–Trinajstić information content (AvgIpc) is 2.53. The van der Waals surface area contributed by atoms with Crippen molar-refractivity contribution in [2.24, 2.45) is 0 Å². The van der Waals surface area contributed by atoms with Gasteiger partial charge < -0.3 is 0 Å². The molecule has 0 bridgehead atoms. The van der Waals surface area contributed by atoms with Gasteiger partial charge in [-0.15, -0.1) is 18.5 Å². The Bertz CT molecular complexity index is 837. The van der Waals surface area contributed by atoms with E-state index in [0.717, 1.165) is 17.3 Å². The molecule has 3 aromatic carbocycles. The zero-order valence-corrected chi connectivity index (χ0v) is 13.9. The van der Waals surface area contributed by atoms with Gasteiger partial charge in [-0.25, -0.2) is 0 Å². The summed E-state index contributed by atoms with van der Waals surface area (Å²) in [6.45, 7) is 0. The Morgan fingerprint density at radius 3 is 2.10 bits per heavy atom. The third-order valence-electron chi connectivity index (χ3n) is 3.41. The van der Waals surface area contributed by atoms with E-state index in [4.69, 9.17) is 0 Å². The van der Waals surface area contributed by atoms with E-state index in [1.165, 1.54) is 21.6 Å². The van der Waals surface area contributed by atoms with Gasteiger partial charge in [-0.2, -0.15) is 0 Å². The second-order valence-corrected chi connectivity index (χ2v) is 6.05. The molecule has 0 fully saturated rings. The van der Waals surface area contributed by atoms with E-state index in [2.05, 4.69) is 91.0 Å². The summed E-state index contributed by atoms with van der Waals surface area (Å²) in [6.07, 6.45) is 0.982. The number of fused-ring (bicyclic) bond motifs is 1. The van der Waals surface area contributed by atoms with Crippen molar-refractivity contribution in [2.45, 2.75) is 6.16 Å². The zero-order chi connectivity index (χ0) is 14.7. The molecule has 0 heterocycles. The summed E-state index contributed by atoms with van der Waals surface area (Å²) in [5, 5.41) is 3.68. The van der Waals surface area contributed by atoms with Crippen LogP contribution in [0.5, 0.6) is 0 Å². The topological polar surface area (TPSA) is 0 Å². The first-order valence-corrected chi connectivity index (χ1v) is 8.24. The Hall–Kier alpha value is -1.66. The van der Waals surface area contributed by atoms with Crippen LogP contribution in [0.2, 0.25) is 0 Å². The highest BCUT2D eigenvalue weighted by atomic mass is 31.0. The van der Waals surface area contributed by atoms with Crippen LogP contribution in [0.4, 0.5) is 0 Å². The van der Waals surface area contributed by atoms with Gasteiger partial charge in [0, 0.05) is 11.1 Å². The lowest BCUT2D eigenvalue weighted by molar-refractivity contribution is 1.41. The molecule has 0 N–H and O–H groups in total. The second kappa shape index (κ2) is 6.41. The van der Waals surface area contributed by atoms with Crippen LogP contribution in [0.3, 0.4) is 0 Å². The van der Waals surface area contributed by atoms with Gasteiger partial charge in [0.05, 0.1) is 0 Å². The summed E-state index contributed by atoms with van der Waals surface area (Å²) in [7, 11) is 5.46. The molecule has 2 heteroatoms. The molecular weight excluding hydrogens is 290 g/mol. The fraction of sp³-hybridized carbons (Fsp3) is 0.0526. The highest BCUT2D eigenvalue weighted by molar-refractivity contribution is 7.27. The SMILES string of the molecule is PCc1ccc(C#Cc2ccc3cc(P)ccc3c2)cc1. The lowest BCUT2D eigenvalue weighted by atomic mass is 10.1. The molecule has 0 saturated carbocycles. The molecule has 0 aromatic heterocycles. The summed E-state index contributed by atoms with van der Waals surface area (Å²) in [5.74, 6) is 6.47. The Morgan fingerprint density at radius 2 is 1.33 bits per heavy atom. The van der Waals surface area contributed by atoms with Crippen molar-refractivity contribution in [3.8, 4) is 11.8 Å². The molecule has 0 spiro atoms. The van der Waals surface area contributed by atoms with E-state index < -0.39 is 0 Å². The van der Waals surface area contributed by atoms with Gasteiger partial charge in [0.15, 0.2) is 0 Å². The molecule has 2 atom stereocenters. The maximum absolute atomic E-state index is 3.24. The predicted octanol–water partition coefficient (Wildman–Crippen LogP) is 4.12. The van der Waals surface area contributed by atoms with Crippen molar-refractivity contribution in [3.05, 3.63) is 77.4 Å². The summed E-state index contributed by atoms with van der Waals surface area (Å²) in [4.78, 5) is 0. The Labute approximate surface area is 130 Å². The first kappa shape index (κ1) is 14.3. The summed E-state index contributed by atoms with van der Waals surface area (Å²) in [6, 6.07) is 21.2. The second-order valence-electron chi connectivity index (χ2n) is 4.97. The highest BCUT2D eigenvalue weighted by Gasteiger charge is 1.95. The fourth-order valence-corrected chi connectivity index (χ4v) is 2.76. The molecule has 2 unspecified atom stereocenters. The fourth-order valence-electron chi connectivity index (χ4n) is 2.21. The van der Waals surface area contributed by atoms with Crippen LogP contribution in [0.15, 0.2) is 60.7 Å². The molecule has 3 rings (SSSR count). The molecule has 0 saturated heterocycles. The van der Waals surface area contributed by atoms with Crippen LogP contribution in [0.1, 0.15) is 16.7 Å². The minimum absolute atomic E-state index is 0.982. The third-order valence-corrected chi connectivity index (χ3v) is 4.24. The van der Waals surface area contributed by atoms with Crippen LogP contribution >= 0.6 is 18.5 Å². The molecule has 0 aliphatic heterocycles. The lowest BCUT2D eigenvalue weighted by Crippen LogP contribution is -1.88. The van der Waals surface area contributed by atoms with Crippen molar-refractivity contribution in [2.75, 3.05) is 0 Å². The molecule has 0 aliphatic carbocycles. The van der Waals surface area contributed by atoms with Gasteiger partial charge in [-0.1, -0.05) is 42.2 Å². The van der Waals surface area contributed by atoms with E-state index in [-0.39, 0.29) is 0 Å². The first-order valence-electron chi connectivity index (χ1n) is 6.85. The molecule has 0 nitrogen and oxygen atoms in total. The standard InChI is InChI=1S/C19H16P2/c20-13-16-5-2-14(3-6-16)1-4-15-7-8-18-12-19(21)10-9-17(18)11-15/h2-3,5-12H,13,20-21H2. The lowest BCUT2D eigenvalue weighted by Gasteiger charge is -2.00. The van der Waals surface area contributed by atoms with Crippen molar-refractivity contribution < 1.29 is 0 Å². The number of hydrogen-bond acceptors (Lipinski definition) is 0. The van der Waals surface area contributed by atoms with Crippen LogP contribution < -0.4 is 5.30 Å². The highest BCUT2D eigenvalue weighted by Crippen LogP contribution is 2.15. The van der Waals surface area contributed by atoms with E-state index in [1.807, 2.05) is 0 Å². The van der Waals surface area contributed by atoms with Crippen molar-refractivity contribution in [3.63, 3.8) is 0 Å². The van der Waals surface area contributed by atoms with E-state index >= 15 is 0 Å². The van der Waals surface area contributed by atoms with Crippen molar-refractivity contribution in [1.29, 1.82) is 0 Å². The third kappa shape index (κ3) is 3.51. The van der Waals surface area contributed by atoms with E-state index in [1.54, 1.807) is 0 Å². The molecule has 102 valence electrons. The van der Waals surface area contributed by atoms with Gasteiger partial charge in [0.1, 0.15) is 0 Å². The monoisotopic (exact) mass is 306 g/mol. The van der Waals surface area contributed by atoms with Crippen molar-refractivity contribution in [1.82, 2.24) is 0 Å². The van der Waals surface area contributed by atoms with Gasteiger partial charge in [0.25, 0.3) is 0 Å². The number of benzene rings is 3. The predicted molar refractivity (Wildman–Crippen MR) is 99.1 cm³/mol. The van der Waals surface area contributed by atoms with Crippen LogP contribution in [-0.4, -0.2) is 0 Å². The maximum Gasteiger partial charge on any atom is 0.0255 e. The molecule has 0 radical (unpaired) electrons. The minimum atomic E-state index is 0.982. The Morgan fingerprint density at radius 1 is 0.714 bits per heavy atom. The molecule has 21 heavy (non-hydrogen) atoms. The Kier molecular flexibility index (Phi) is 4.36. The quantitative estimate of drug-likeness (QED) is 0.469. The number of rotatable bonds is 1. The van der Waals surface area contributed by atoms with Crippen LogP contribution in [0.25, 0.3) is 10.8 Å². The molecule has 0 amide bonds. The number of hydrogen-bond donors (Lipinski definition) is 0. The first-order chi connectivity index (χ1) is 10.2. The maximum atomic E-state index is 3.24. The van der Waals surface area contributed by atoms with Gasteiger partial charge >= 0.3 is 0 Å². The van der Waals surface area contributed by atoms with Crippen LogP contribution in [0, 0.1) is 11.8 Å². The van der Waals surface area contributed by atoms with Crippen molar-refractivity contribution >= 4 is 34.6 Å². The summed E-state index contributed by atoms with van der Waals surface area (Å²) >= 11 is 0. The van der Waals surface area contributed by atoms with E-state index in [0.29, 0.717) is 0 Å². The van der Waals surface area contributed by atoms with Gasteiger partial charge in [0.2, 0.25) is 0 Å². The van der Waals surface area contributed by atoms with Gasteiger partial charge in [-0.3, -0.25) is 0 Å². The largest absolute Gasteiger partial charge is 0.133 e. The van der Waals surface area contributed by atoms with Gasteiger partial charge in [-0.05, 0) is 58.1 Å². The van der Waals surface area contributed by atoms with Crippen LogP contribution in [-0.2, 0) is 6.16 Å². The Balaban J connectivity index is 1.90. The summed E-state index contributed by atoms with van der Waals surface area (Å²) in [5.41, 5.74) is 3.41. The van der Waals surface area contributed by atoms with E-state index in [9.17, 15) is 0 Å². The molecule has 0 aliphatic rings. The normalized spacial score (nSPS) is 10.2.